The maximum atomic E-state index is 5.95. The third kappa shape index (κ3) is 4.69. The molecule has 0 saturated heterocycles. The molecule has 1 unspecified atom stereocenters. The zero-order valence-electron chi connectivity index (χ0n) is 13.8. The lowest BCUT2D eigenvalue weighted by molar-refractivity contribution is 0.540. The summed E-state index contributed by atoms with van der Waals surface area (Å²) in [5.41, 5.74) is 10.4. The fourth-order valence-corrected chi connectivity index (χ4v) is 2.92. The van der Waals surface area contributed by atoms with E-state index in [0.717, 1.165) is 13.0 Å². The van der Waals surface area contributed by atoms with E-state index in [1.165, 1.54) is 30.4 Å². The highest BCUT2D eigenvalue weighted by atomic mass is 14.9. The number of nitrogens with two attached hydrogens (primary N) is 1. The van der Waals surface area contributed by atoms with Crippen molar-refractivity contribution >= 4 is 0 Å². The molecule has 1 aromatic carbocycles. The SMILES string of the molecule is CC(C)(C)c1ccc(C(CN)NCCC2=CCCC2)cc1. The van der Waals surface area contributed by atoms with E-state index in [4.69, 9.17) is 5.73 Å². The van der Waals surface area contributed by atoms with Crippen LogP contribution in [0.4, 0.5) is 0 Å². The summed E-state index contributed by atoms with van der Waals surface area (Å²) >= 11 is 0. The first-order valence-corrected chi connectivity index (χ1v) is 8.22. The van der Waals surface area contributed by atoms with Gasteiger partial charge in [-0.3, -0.25) is 0 Å². The Labute approximate surface area is 129 Å². The quantitative estimate of drug-likeness (QED) is 0.774. The number of rotatable bonds is 6. The first-order valence-electron chi connectivity index (χ1n) is 8.22. The lowest BCUT2D eigenvalue weighted by Crippen LogP contribution is -2.29. The highest BCUT2D eigenvalue weighted by Crippen LogP contribution is 2.24. The van der Waals surface area contributed by atoms with Crippen LogP contribution in [0.5, 0.6) is 0 Å². The first-order chi connectivity index (χ1) is 10.0. The van der Waals surface area contributed by atoms with Crippen molar-refractivity contribution < 1.29 is 0 Å². The van der Waals surface area contributed by atoms with Crippen LogP contribution in [-0.2, 0) is 5.41 Å². The zero-order valence-corrected chi connectivity index (χ0v) is 13.8. The number of nitrogens with one attached hydrogen (secondary N) is 1. The standard InChI is InChI=1S/C19H30N2/c1-19(2,3)17-10-8-16(9-11-17)18(14-20)21-13-12-15-6-4-5-7-15/h6,8-11,18,21H,4-5,7,12-14,20H2,1-3H3. The number of benzene rings is 1. The topological polar surface area (TPSA) is 38.0 Å². The second kappa shape index (κ2) is 7.24. The van der Waals surface area contributed by atoms with E-state index in [2.05, 4.69) is 56.4 Å². The molecule has 116 valence electrons. The minimum Gasteiger partial charge on any atom is -0.329 e. The van der Waals surface area contributed by atoms with Gasteiger partial charge in [0.05, 0.1) is 0 Å². The van der Waals surface area contributed by atoms with Gasteiger partial charge in [-0.2, -0.15) is 0 Å². The predicted molar refractivity (Wildman–Crippen MR) is 91.5 cm³/mol. The van der Waals surface area contributed by atoms with Gasteiger partial charge in [0.2, 0.25) is 0 Å². The smallest absolute Gasteiger partial charge is 0.0444 e. The number of hydrogen-bond acceptors (Lipinski definition) is 2. The molecule has 2 heteroatoms. The Bertz CT molecular complexity index is 465. The van der Waals surface area contributed by atoms with Crippen molar-refractivity contribution in [2.24, 2.45) is 5.73 Å². The largest absolute Gasteiger partial charge is 0.329 e. The van der Waals surface area contributed by atoms with Gasteiger partial charge >= 0.3 is 0 Å². The lowest BCUT2D eigenvalue weighted by atomic mass is 9.86. The molecule has 2 nitrogen and oxygen atoms in total. The van der Waals surface area contributed by atoms with Crippen LogP contribution in [-0.4, -0.2) is 13.1 Å². The second-order valence-corrected chi connectivity index (χ2v) is 7.12. The molecular weight excluding hydrogens is 256 g/mol. The summed E-state index contributed by atoms with van der Waals surface area (Å²) in [5, 5.41) is 3.60. The minimum atomic E-state index is 0.207. The summed E-state index contributed by atoms with van der Waals surface area (Å²) in [4.78, 5) is 0. The van der Waals surface area contributed by atoms with Gasteiger partial charge in [-0.25, -0.2) is 0 Å². The zero-order chi connectivity index (χ0) is 15.3. The van der Waals surface area contributed by atoms with Crippen LogP contribution in [0.1, 0.15) is 63.6 Å². The van der Waals surface area contributed by atoms with E-state index in [1.54, 1.807) is 5.57 Å². The van der Waals surface area contributed by atoms with Gasteiger partial charge in [-0.15, -0.1) is 0 Å². The first kappa shape index (κ1) is 16.3. The molecule has 1 atom stereocenters. The van der Waals surface area contributed by atoms with E-state index in [-0.39, 0.29) is 11.5 Å². The lowest BCUT2D eigenvalue weighted by Gasteiger charge is -2.22. The van der Waals surface area contributed by atoms with Crippen molar-refractivity contribution in [1.29, 1.82) is 0 Å². The van der Waals surface area contributed by atoms with Gasteiger partial charge in [-0.05, 0) is 48.8 Å². The molecule has 0 aromatic heterocycles. The summed E-state index contributed by atoms with van der Waals surface area (Å²) in [6.45, 7) is 8.41. The van der Waals surface area contributed by atoms with Crippen LogP contribution in [0.2, 0.25) is 0 Å². The predicted octanol–water partition coefficient (Wildman–Crippen LogP) is 4.07. The highest BCUT2D eigenvalue weighted by molar-refractivity contribution is 5.29. The fourth-order valence-electron chi connectivity index (χ4n) is 2.92. The van der Waals surface area contributed by atoms with Crippen LogP contribution in [0, 0.1) is 0 Å². The molecule has 21 heavy (non-hydrogen) atoms. The average molecular weight is 286 g/mol. The van der Waals surface area contributed by atoms with Gasteiger partial charge in [0, 0.05) is 12.6 Å². The molecule has 0 heterocycles. The van der Waals surface area contributed by atoms with Gasteiger partial charge in [0.1, 0.15) is 0 Å². The number of hydrogen-bond donors (Lipinski definition) is 2. The fraction of sp³-hybridized carbons (Fsp3) is 0.579. The Hall–Kier alpha value is -1.12. The van der Waals surface area contributed by atoms with Gasteiger partial charge < -0.3 is 11.1 Å². The molecule has 0 bridgehead atoms. The summed E-state index contributed by atoms with van der Waals surface area (Å²) < 4.78 is 0. The van der Waals surface area contributed by atoms with Crippen LogP contribution in [0.25, 0.3) is 0 Å². The molecule has 0 radical (unpaired) electrons. The monoisotopic (exact) mass is 286 g/mol. The summed E-state index contributed by atoms with van der Waals surface area (Å²) in [6, 6.07) is 9.18. The van der Waals surface area contributed by atoms with Crippen molar-refractivity contribution in [2.45, 2.75) is 57.9 Å². The molecule has 0 aliphatic heterocycles. The van der Waals surface area contributed by atoms with Crippen LogP contribution >= 0.6 is 0 Å². The van der Waals surface area contributed by atoms with Crippen molar-refractivity contribution in [1.82, 2.24) is 5.32 Å². The van der Waals surface area contributed by atoms with Crippen molar-refractivity contribution in [3.63, 3.8) is 0 Å². The maximum Gasteiger partial charge on any atom is 0.0444 e. The van der Waals surface area contributed by atoms with Crippen LogP contribution in [0.15, 0.2) is 35.9 Å². The molecule has 0 spiro atoms. The Kier molecular flexibility index (Phi) is 5.60. The molecule has 0 saturated carbocycles. The Balaban J connectivity index is 1.90. The van der Waals surface area contributed by atoms with Crippen molar-refractivity contribution in [2.75, 3.05) is 13.1 Å². The second-order valence-electron chi connectivity index (χ2n) is 7.12. The van der Waals surface area contributed by atoms with Gasteiger partial charge in [0.15, 0.2) is 0 Å². The van der Waals surface area contributed by atoms with Gasteiger partial charge in [-0.1, -0.05) is 56.7 Å². The highest BCUT2D eigenvalue weighted by Gasteiger charge is 2.15. The third-order valence-corrected chi connectivity index (χ3v) is 4.39. The van der Waals surface area contributed by atoms with Crippen molar-refractivity contribution in [3.8, 4) is 0 Å². The third-order valence-electron chi connectivity index (χ3n) is 4.39. The molecule has 0 fully saturated rings. The Morgan fingerprint density at radius 2 is 1.90 bits per heavy atom. The summed E-state index contributed by atoms with van der Waals surface area (Å²) in [6.07, 6.45) is 7.46. The van der Waals surface area contributed by atoms with E-state index < -0.39 is 0 Å². The molecule has 3 N–H and O–H groups in total. The maximum absolute atomic E-state index is 5.95. The van der Waals surface area contributed by atoms with Crippen molar-refractivity contribution in [3.05, 3.63) is 47.0 Å². The van der Waals surface area contributed by atoms with Crippen LogP contribution in [0.3, 0.4) is 0 Å². The summed E-state index contributed by atoms with van der Waals surface area (Å²) in [7, 11) is 0. The molecule has 2 rings (SSSR count). The summed E-state index contributed by atoms with van der Waals surface area (Å²) in [5.74, 6) is 0. The molecule has 1 aliphatic carbocycles. The average Bonchev–Trinajstić information content (AvgIpc) is 2.96. The Morgan fingerprint density at radius 1 is 1.19 bits per heavy atom. The number of allylic oxidation sites excluding steroid dienone is 1. The molecule has 1 aromatic rings. The van der Waals surface area contributed by atoms with Gasteiger partial charge in [0.25, 0.3) is 0 Å². The minimum absolute atomic E-state index is 0.207. The van der Waals surface area contributed by atoms with Crippen LogP contribution < -0.4 is 11.1 Å². The van der Waals surface area contributed by atoms with E-state index in [9.17, 15) is 0 Å². The normalized spacial score (nSPS) is 16.9. The van der Waals surface area contributed by atoms with E-state index in [1.807, 2.05) is 0 Å². The van der Waals surface area contributed by atoms with E-state index in [0.29, 0.717) is 6.54 Å². The molecular formula is C19H30N2. The molecule has 1 aliphatic rings. The Morgan fingerprint density at radius 3 is 2.43 bits per heavy atom. The molecule has 0 amide bonds. The van der Waals surface area contributed by atoms with E-state index >= 15 is 0 Å².